The Labute approximate surface area is 139 Å². The molecule has 0 aliphatic heterocycles. The van der Waals surface area contributed by atoms with Crippen molar-refractivity contribution in [1.29, 1.82) is 0 Å². The number of hydrogen-bond acceptors (Lipinski definition) is 3. The zero-order valence-corrected chi connectivity index (χ0v) is 13.5. The fraction of sp³-hybridized carbons (Fsp3) is 0.222. The number of carbonyl (C=O) groups is 2. The van der Waals surface area contributed by atoms with Gasteiger partial charge in [-0.2, -0.15) is 0 Å². The molecule has 2 aromatic rings. The smallest absolute Gasteiger partial charge is 0.313 e. The monoisotopic (exact) mass is 330 g/mol. The molecule has 0 aromatic heterocycles. The highest BCUT2D eigenvalue weighted by Gasteiger charge is 2.14. The van der Waals surface area contributed by atoms with Crippen LogP contribution in [0.1, 0.15) is 19.4 Å². The maximum atomic E-state index is 13.1. The van der Waals surface area contributed by atoms with E-state index in [-0.39, 0.29) is 18.3 Å². The molecular weight excluding hydrogens is 311 g/mol. The molecule has 5 nitrogen and oxygen atoms in total. The fourth-order valence-corrected chi connectivity index (χ4v) is 2.03. The summed E-state index contributed by atoms with van der Waals surface area (Å²) in [7, 11) is 0. The van der Waals surface area contributed by atoms with Crippen LogP contribution >= 0.6 is 0 Å². The third-order valence-corrected chi connectivity index (χ3v) is 3.06. The van der Waals surface area contributed by atoms with E-state index in [1.54, 1.807) is 6.07 Å². The number of carbonyl (C=O) groups excluding carboxylic acids is 2. The summed E-state index contributed by atoms with van der Waals surface area (Å²) in [6.07, 6.45) is -0.00173. The van der Waals surface area contributed by atoms with E-state index in [0.717, 1.165) is 11.6 Å². The Morgan fingerprint density at radius 3 is 2.54 bits per heavy atom. The number of amides is 2. The van der Waals surface area contributed by atoms with E-state index in [0.29, 0.717) is 5.75 Å². The van der Waals surface area contributed by atoms with Crippen molar-refractivity contribution in [1.82, 2.24) is 5.32 Å². The van der Waals surface area contributed by atoms with Gasteiger partial charge in [0.25, 0.3) is 0 Å². The lowest BCUT2D eigenvalue weighted by Crippen LogP contribution is -2.35. The van der Waals surface area contributed by atoms with Crippen molar-refractivity contribution in [2.24, 2.45) is 0 Å². The normalized spacial score (nSPS) is 10.3. The van der Waals surface area contributed by atoms with Crippen molar-refractivity contribution >= 4 is 17.5 Å². The van der Waals surface area contributed by atoms with Gasteiger partial charge < -0.3 is 15.4 Å². The molecule has 0 saturated heterocycles. The summed E-state index contributed by atoms with van der Waals surface area (Å²) in [5.74, 6) is -1.51. The molecule has 0 heterocycles. The summed E-state index contributed by atoms with van der Waals surface area (Å²) < 4.78 is 18.7. The summed E-state index contributed by atoms with van der Waals surface area (Å²) in [4.78, 5) is 23.7. The highest BCUT2D eigenvalue weighted by atomic mass is 19.1. The van der Waals surface area contributed by atoms with Crippen LogP contribution in [0.3, 0.4) is 0 Å². The fourth-order valence-electron chi connectivity index (χ4n) is 2.03. The van der Waals surface area contributed by atoms with Crippen LogP contribution in [0, 0.1) is 5.82 Å². The van der Waals surface area contributed by atoms with E-state index in [4.69, 9.17) is 4.74 Å². The SMILES string of the molecule is CC(C)Oc1ccccc1CNC(=O)C(=O)Nc1cccc(F)c1. The highest BCUT2D eigenvalue weighted by Crippen LogP contribution is 2.19. The molecule has 2 aromatic carbocycles. The Morgan fingerprint density at radius 2 is 1.83 bits per heavy atom. The minimum absolute atomic E-state index is 0.00173. The van der Waals surface area contributed by atoms with E-state index in [1.165, 1.54) is 18.2 Å². The topological polar surface area (TPSA) is 67.4 Å². The van der Waals surface area contributed by atoms with Gasteiger partial charge in [-0.3, -0.25) is 9.59 Å². The number of anilines is 1. The average molecular weight is 330 g/mol. The molecule has 2 N–H and O–H groups in total. The van der Waals surface area contributed by atoms with Crippen molar-refractivity contribution in [2.75, 3.05) is 5.32 Å². The summed E-state index contributed by atoms with van der Waals surface area (Å²) in [6.45, 7) is 3.96. The van der Waals surface area contributed by atoms with Crippen LogP contribution in [0.4, 0.5) is 10.1 Å². The summed E-state index contributed by atoms with van der Waals surface area (Å²) >= 11 is 0. The van der Waals surface area contributed by atoms with Gasteiger partial charge in [-0.25, -0.2) is 4.39 Å². The van der Waals surface area contributed by atoms with Gasteiger partial charge in [-0.1, -0.05) is 24.3 Å². The molecule has 2 rings (SSSR count). The van der Waals surface area contributed by atoms with Crippen LogP contribution < -0.4 is 15.4 Å². The Morgan fingerprint density at radius 1 is 1.08 bits per heavy atom. The first-order valence-corrected chi connectivity index (χ1v) is 7.55. The van der Waals surface area contributed by atoms with Crippen LogP contribution in [-0.4, -0.2) is 17.9 Å². The quantitative estimate of drug-likeness (QED) is 0.829. The maximum Gasteiger partial charge on any atom is 0.313 e. The zero-order valence-electron chi connectivity index (χ0n) is 13.5. The molecule has 0 bridgehead atoms. The van der Waals surface area contributed by atoms with E-state index in [9.17, 15) is 14.0 Å². The van der Waals surface area contributed by atoms with Gasteiger partial charge in [0.2, 0.25) is 0 Å². The first-order valence-electron chi connectivity index (χ1n) is 7.55. The van der Waals surface area contributed by atoms with Crippen molar-refractivity contribution in [3.05, 3.63) is 59.9 Å². The molecule has 0 aliphatic carbocycles. The third-order valence-electron chi connectivity index (χ3n) is 3.06. The number of rotatable bonds is 5. The second kappa shape index (κ2) is 8.10. The number of halogens is 1. The van der Waals surface area contributed by atoms with Crippen molar-refractivity contribution in [3.8, 4) is 5.75 Å². The molecule has 0 saturated carbocycles. The number of benzene rings is 2. The van der Waals surface area contributed by atoms with Crippen molar-refractivity contribution in [2.45, 2.75) is 26.5 Å². The molecule has 24 heavy (non-hydrogen) atoms. The minimum atomic E-state index is -0.858. The lowest BCUT2D eigenvalue weighted by Gasteiger charge is -2.14. The van der Waals surface area contributed by atoms with E-state index in [2.05, 4.69) is 10.6 Å². The Bertz CT molecular complexity index is 732. The van der Waals surface area contributed by atoms with E-state index < -0.39 is 17.6 Å². The zero-order chi connectivity index (χ0) is 17.5. The van der Waals surface area contributed by atoms with Gasteiger partial charge in [0.1, 0.15) is 11.6 Å². The predicted molar refractivity (Wildman–Crippen MR) is 89.1 cm³/mol. The van der Waals surface area contributed by atoms with Crippen molar-refractivity contribution in [3.63, 3.8) is 0 Å². The number of nitrogens with one attached hydrogen (secondary N) is 2. The lowest BCUT2D eigenvalue weighted by molar-refractivity contribution is -0.136. The molecule has 0 radical (unpaired) electrons. The van der Waals surface area contributed by atoms with Crippen LogP contribution in [0.5, 0.6) is 5.75 Å². The largest absolute Gasteiger partial charge is 0.491 e. The molecule has 0 atom stereocenters. The van der Waals surface area contributed by atoms with Crippen molar-refractivity contribution < 1.29 is 18.7 Å². The maximum absolute atomic E-state index is 13.1. The van der Waals surface area contributed by atoms with E-state index in [1.807, 2.05) is 32.0 Å². The molecule has 6 heteroatoms. The highest BCUT2D eigenvalue weighted by molar-refractivity contribution is 6.39. The van der Waals surface area contributed by atoms with Crippen LogP contribution in [-0.2, 0) is 16.1 Å². The van der Waals surface area contributed by atoms with Gasteiger partial charge >= 0.3 is 11.8 Å². The predicted octanol–water partition coefficient (Wildman–Crippen LogP) is 2.87. The molecule has 0 aliphatic rings. The molecule has 0 unspecified atom stereocenters. The second-order valence-electron chi connectivity index (χ2n) is 5.42. The van der Waals surface area contributed by atoms with Crippen LogP contribution in [0.15, 0.2) is 48.5 Å². The Hall–Kier alpha value is -2.89. The van der Waals surface area contributed by atoms with Gasteiger partial charge in [0.05, 0.1) is 6.10 Å². The summed E-state index contributed by atoms with van der Waals surface area (Å²) in [6, 6.07) is 12.6. The first-order chi connectivity index (χ1) is 11.5. The third kappa shape index (κ3) is 5.08. The summed E-state index contributed by atoms with van der Waals surface area (Å²) in [5, 5.41) is 4.87. The number of para-hydroxylation sites is 1. The Kier molecular flexibility index (Phi) is 5.89. The summed E-state index contributed by atoms with van der Waals surface area (Å²) in [5.41, 5.74) is 0.983. The van der Waals surface area contributed by atoms with Gasteiger partial charge in [-0.15, -0.1) is 0 Å². The van der Waals surface area contributed by atoms with Crippen LogP contribution in [0.2, 0.25) is 0 Å². The standard InChI is InChI=1S/C18H19FN2O3/c1-12(2)24-16-9-4-3-6-13(16)11-20-17(22)18(23)21-15-8-5-7-14(19)10-15/h3-10,12H,11H2,1-2H3,(H,20,22)(H,21,23). The molecular formula is C18H19FN2O3. The molecule has 2 amide bonds. The van der Waals surface area contributed by atoms with Crippen LogP contribution in [0.25, 0.3) is 0 Å². The molecule has 0 fully saturated rings. The van der Waals surface area contributed by atoms with E-state index >= 15 is 0 Å². The number of ether oxygens (including phenoxy) is 1. The van der Waals surface area contributed by atoms with Gasteiger partial charge in [-0.05, 0) is 38.1 Å². The number of hydrogen-bond donors (Lipinski definition) is 2. The Balaban J connectivity index is 1.94. The lowest BCUT2D eigenvalue weighted by atomic mass is 10.2. The molecule has 126 valence electrons. The average Bonchev–Trinajstić information content (AvgIpc) is 2.53. The second-order valence-corrected chi connectivity index (χ2v) is 5.42. The van der Waals surface area contributed by atoms with Gasteiger partial charge in [0.15, 0.2) is 0 Å². The molecule has 0 spiro atoms. The minimum Gasteiger partial charge on any atom is -0.491 e. The van der Waals surface area contributed by atoms with Gasteiger partial charge in [0, 0.05) is 17.8 Å². The first kappa shape index (κ1) is 17.5.